The van der Waals surface area contributed by atoms with E-state index in [1.54, 1.807) is 18.2 Å². The van der Waals surface area contributed by atoms with Gasteiger partial charge >= 0.3 is 0 Å². The van der Waals surface area contributed by atoms with Crippen molar-refractivity contribution in [3.63, 3.8) is 0 Å². The number of carbonyl (C=O) groups is 2. The monoisotopic (exact) mass is 243 g/mol. The number of imide groups is 1. The number of amides is 2. The third-order valence-corrected chi connectivity index (χ3v) is 2.60. The fraction of sp³-hybridized carbons (Fsp3) is 0.200. The predicted molar refractivity (Wildman–Crippen MR) is 58.1 cm³/mol. The summed E-state index contributed by atoms with van der Waals surface area (Å²) in [5, 5.41) is 0. The van der Waals surface area contributed by atoms with E-state index in [9.17, 15) is 9.59 Å². The van der Waals surface area contributed by atoms with Gasteiger partial charge in [-0.05, 0) is 11.6 Å². The van der Waals surface area contributed by atoms with Gasteiger partial charge in [-0.3, -0.25) is 9.59 Å². The van der Waals surface area contributed by atoms with E-state index in [0.717, 1.165) is 10.5 Å². The van der Waals surface area contributed by atoms with Crippen LogP contribution in [0, 0.1) is 0 Å². The first-order valence-electron chi connectivity index (χ1n) is 4.34. The molecule has 0 bridgehead atoms. The number of carbonyl (C=O) groups excluding carboxylic acids is 2. The van der Waals surface area contributed by atoms with E-state index in [-0.39, 0.29) is 12.3 Å². The first-order chi connectivity index (χ1) is 7.11. The Hall–Kier alpha value is -1.06. The van der Waals surface area contributed by atoms with E-state index < -0.39 is 10.7 Å². The fourth-order valence-corrected chi connectivity index (χ4v) is 1.79. The molecule has 1 aliphatic heterocycles. The second-order valence-electron chi connectivity index (χ2n) is 3.17. The summed E-state index contributed by atoms with van der Waals surface area (Å²) < 4.78 is 0. The van der Waals surface area contributed by atoms with E-state index in [4.69, 9.17) is 23.2 Å². The number of alkyl halides is 2. The third-order valence-electron chi connectivity index (χ3n) is 2.23. The second-order valence-corrected chi connectivity index (χ2v) is 4.27. The number of rotatable bonds is 1. The molecular weight excluding hydrogens is 237 g/mol. The van der Waals surface area contributed by atoms with Crippen LogP contribution in [0.2, 0.25) is 0 Å². The van der Waals surface area contributed by atoms with Gasteiger partial charge in [-0.15, -0.1) is 0 Å². The van der Waals surface area contributed by atoms with Crippen LogP contribution in [0.4, 0.5) is 5.69 Å². The Kier molecular flexibility index (Phi) is 2.67. The highest BCUT2D eigenvalue weighted by molar-refractivity contribution is 6.56. The Morgan fingerprint density at radius 2 is 2.00 bits per heavy atom. The zero-order valence-corrected chi connectivity index (χ0v) is 9.13. The lowest BCUT2D eigenvalue weighted by Crippen LogP contribution is -2.37. The van der Waals surface area contributed by atoms with Gasteiger partial charge in [0.2, 0.25) is 5.91 Å². The van der Waals surface area contributed by atoms with Gasteiger partial charge in [-0.25, -0.2) is 4.90 Å². The van der Waals surface area contributed by atoms with Crippen LogP contribution in [0.1, 0.15) is 5.56 Å². The zero-order chi connectivity index (χ0) is 11.0. The van der Waals surface area contributed by atoms with Crippen LogP contribution in [-0.4, -0.2) is 16.7 Å². The van der Waals surface area contributed by atoms with Crippen LogP contribution < -0.4 is 4.90 Å². The highest BCUT2D eigenvalue weighted by atomic mass is 35.5. The lowest BCUT2D eigenvalue weighted by Gasteiger charge is -2.15. The van der Waals surface area contributed by atoms with Crippen molar-refractivity contribution in [3.8, 4) is 0 Å². The molecule has 0 fully saturated rings. The van der Waals surface area contributed by atoms with Gasteiger partial charge in [0.1, 0.15) is 0 Å². The van der Waals surface area contributed by atoms with Crippen LogP contribution in [0.15, 0.2) is 24.3 Å². The zero-order valence-electron chi connectivity index (χ0n) is 7.61. The Balaban J connectivity index is 2.42. The second kappa shape index (κ2) is 3.83. The number of halogens is 2. The summed E-state index contributed by atoms with van der Waals surface area (Å²) in [5.41, 5.74) is 1.41. The van der Waals surface area contributed by atoms with Crippen molar-refractivity contribution in [1.29, 1.82) is 0 Å². The summed E-state index contributed by atoms with van der Waals surface area (Å²) in [5.74, 6) is -0.874. The molecule has 0 atom stereocenters. The highest BCUT2D eigenvalue weighted by Crippen LogP contribution is 2.29. The van der Waals surface area contributed by atoms with Gasteiger partial charge in [0, 0.05) is 0 Å². The summed E-state index contributed by atoms with van der Waals surface area (Å²) in [7, 11) is 0. The molecule has 0 saturated carbocycles. The molecule has 1 aromatic rings. The lowest BCUT2D eigenvalue weighted by molar-refractivity contribution is -0.124. The average molecular weight is 244 g/mol. The maximum absolute atomic E-state index is 11.6. The summed E-state index contributed by atoms with van der Waals surface area (Å²) in [6, 6.07) is 7.08. The Morgan fingerprint density at radius 3 is 2.67 bits per heavy atom. The summed E-state index contributed by atoms with van der Waals surface area (Å²) in [6.07, 6.45) is 0.225. The molecule has 3 nitrogen and oxygen atoms in total. The molecule has 1 aromatic carbocycles. The van der Waals surface area contributed by atoms with Crippen LogP contribution in [0.25, 0.3) is 0 Å². The lowest BCUT2D eigenvalue weighted by atomic mass is 10.2. The topological polar surface area (TPSA) is 37.4 Å². The first kappa shape index (κ1) is 10.5. The van der Waals surface area contributed by atoms with Crippen molar-refractivity contribution in [2.24, 2.45) is 0 Å². The quantitative estimate of drug-likeness (QED) is 0.707. The van der Waals surface area contributed by atoms with Crippen LogP contribution in [0.5, 0.6) is 0 Å². The molecule has 5 heteroatoms. The Labute approximate surface area is 96.6 Å². The summed E-state index contributed by atoms with van der Waals surface area (Å²) in [4.78, 5) is 23.0. The van der Waals surface area contributed by atoms with Gasteiger partial charge in [0.15, 0.2) is 4.84 Å². The van der Waals surface area contributed by atoms with Gasteiger partial charge in [0.05, 0.1) is 12.1 Å². The highest BCUT2D eigenvalue weighted by Gasteiger charge is 2.34. The third kappa shape index (κ3) is 1.73. The van der Waals surface area contributed by atoms with Crippen molar-refractivity contribution in [1.82, 2.24) is 0 Å². The molecule has 2 amide bonds. The molecular formula is C10H7Cl2NO2. The minimum atomic E-state index is -1.21. The van der Waals surface area contributed by atoms with Gasteiger partial charge in [-0.2, -0.15) is 0 Å². The SMILES string of the molecule is O=C1Cc2ccccc2N1C(=O)C(Cl)Cl. The largest absolute Gasteiger partial charge is 0.274 e. The van der Waals surface area contributed by atoms with Crippen LogP contribution >= 0.6 is 23.2 Å². The first-order valence-corrected chi connectivity index (χ1v) is 5.21. The number of nitrogens with zero attached hydrogens (tertiary/aromatic N) is 1. The summed E-state index contributed by atoms with van der Waals surface area (Å²) >= 11 is 10.9. The standard InChI is InChI=1S/C10H7Cl2NO2/c11-9(12)10(15)13-7-4-2-1-3-6(7)5-8(13)14/h1-4,9H,5H2. The molecule has 1 heterocycles. The van der Waals surface area contributed by atoms with Crippen molar-refractivity contribution in [2.45, 2.75) is 11.3 Å². The fourth-order valence-electron chi connectivity index (χ4n) is 1.59. The average Bonchev–Trinajstić information content (AvgIpc) is 2.52. The molecule has 0 saturated heterocycles. The molecule has 1 aliphatic rings. The number of hydrogen-bond acceptors (Lipinski definition) is 2. The molecule has 2 rings (SSSR count). The Morgan fingerprint density at radius 1 is 1.33 bits per heavy atom. The van der Waals surface area contributed by atoms with Crippen molar-refractivity contribution < 1.29 is 9.59 Å². The molecule has 78 valence electrons. The van der Waals surface area contributed by atoms with E-state index in [2.05, 4.69) is 0 Å². The molecule has 0 spiro atoms. The van der Waals surface area contributed by atoms with Gasteiger partial charge < -0.3 is 0 Å². The minimum Gasteiger partial charge on any atom is -0.274 e. The minimum absolute atomic E-state index is 0.225. The van der Waals surface area contributed by atoms with Crippen molar-refractivity contribution in [3.05, 3.63) is 29.8 Å². The Bertz CT molecular complexity index is 431. The number of para-hydroxylation sites is 1. The normalized spacial score (nSPS) is 14.6. The maximum atomic E-state index is 11.6. The summed E-state index contributed by atoms with van der Waals surface area (Å²) in [6.45, 7) is 0. The van der Waals surface area contributed by atoms with E-state index >= 15 is 0 Å². The molecule has 0 radical (unpaired) electrons. The predicted octanol–water partition coefficient (Wildman–Crippen LogP) is 1.91. The number of anilines is 1. The molecule has 0 unspecified atom stereocenters. The number of fused-ring (bicyclic) bond motifs is 1. The molecule has 0 N–H and O–H groups in total. The van der Waals surface area contributed by atoms with Gasteiger partial charge in [0.25, 0.3) is 5.91 Å². The number of hydrogen-bond donors (Lipinski definition) is 0. The smallest absolute Gasteiger partial charge is 0.267 e. The molecule has 15 heavy (non-hydrogen) atoms. The van der Waals surface area contributed by atoms with E-state index in [0.29, 0.717) is 5.69 Å². The molecule has 0 aromatic heterocycles. The van der Waals surface area contributed by atoms with Crippen LogP contribution in [-0.2, 0) is 16.0 Å². The van der Waals surface area contributed by atoms with Crippen molar-refractivity contribution in [2.75, 3.05) is 4.90 Å². The maximum Gasteiger partial charge on any atom is 0.267 e. The number of benzene rings is 1. The van der Waals surface area contributed by atoms with Crippen molar-refractivity contribution >= 4 is 40.7 Å². The van der Waals surface area contributed by atoms with Gasteiger partial charge in [-0.1, -0.05) is 41.4 Å². The molecule has 0 aliphatic carbocycles. The van der Waals surface area contributed by atoms with E-state index in [1.807, 2.05) is 6.07 Å². The van der Waals surface area contributed by atoms with E-state index in [1.165, 1.54) is 0 Å². The van der Waals surface area contributed by atoms with Crippen LogP contribution in [0.3, 0.4) is 0 Å².